The van der Waals surface area contributed by atoms with Crippen LogP contribution >= 0.6 is 11.5 Å². The Bertz CT molecular complexity index is 315. The van der Waals surface area contributed by atoms with E-state index in [1.54, 1.807) is 12.4 Å². The molecule has 2 aromatic heterocycles. The Morgan fingerprint density at radius 2 is 2.18 bits per heavy atom. The average Bonchev–Trinajstić information content (AvgIpc) is 2.58. The summed E-state index contributed by atoms with van der Waals surface area (Å²) in [5.74, 6) is 0. The zero-order valence-electron chi connectivity index (χ0n) is 5.77. The fraction of sp³-hybridized carbons (Fsp3) is 0. The third-order valence-electron chi connectivity index (χ3n) is 1.38. The fourth-order valence-corrected chi connectivity index (χ4v) is 1.46. The van der Waals surface area contributed by atoms with Crippen LogP contribution in [0.4, 0.5) is 0 Å². The van der Waals surface area contributed by atoms with Gasteiger partial charge in [-0.25, -0.2) is 4.37 Å². The van der Waals surface area contributed by atoms with Crippen LogP contribution in [0.5, 0.6) is 0 Å². The van der Waals surface area contributed by atoms with E-state index in [4.69, 9.17) is 0 Å². The molecule has 0 amide bonds. The van der Waals surface area contributed by atoms with E-state index in [0.717, 1.165) is 10.4 Å². The third-order valence-corrected chi connectivity index (χ3v) is 2.18. The van der Waals surface area contributed by atoms with Gasteiger partial charge < -0.3 is 0 Å². The maximum absolute atomic E-state index is 4.02. The summed E-state index contributed by atoms with van der Waals surface area (Å²) in [7, 11) is 0. The number of aromatic nitrogens is 2. The second-order valence-corrected chi connectivity index (χ2v) is 2.95. The molecule has 54 valence electrons. The summed E-state index contributed by atoms with van der Waals surface area (Å²) < 4.78 is 4.01. The van der Waals surface area contributed by atoms with Gasteiger partial charge in [-0.05, 0) is 23.7 Å². The van der Waals surface area contributed by atoms with E-state index in [9.17, 15) is 0 Å². The molecule has 0 spiro atoms. The van der Waals surface area contributed by atoms with Gasteiger partial charge in [-0.15, -0.1) is 0 Å². The van der Waals surface area contributed by atoms with Gasteiger partial charge in [0.05, 0.1) is 4.88 Å². The smallest absolute Gasteiger partial charge is 0.0565 e. The highest BCUT2D eigenvalue weighted by molar-refractivity contribution is 7.09. The van der Waals surface area contributed by atoms with Gasteiger partial charge in [0.1, 0.15) is 0 Å². The largest absolute Gasteiger partial charge is 0.264 e. The first-order valence-corrected chi connectivity index (χ1v) is 4.05. The summed E-state index contributed by atoms with van der Waals surface area (Å²) in [5, 5.41) is 0. The highest BCUT2D eigenvalue weighted by atomic mass is 32.1. The normalized spacial score (nSPS) is 9.82. The molecular formula is C8H6N2S. The minimum atomic E-state index is 1.13. The van der Waals surface area contributed by atoms with Gasteiger partial charge in [0, 0.05) is 24.2 Å². The van der Waals surface area contributed by atoms with Gasteiger partial charge in [0.2, 0.25) is 0 Å². The number of hydrogen-bond acceptors (Lipinski definition) is 3. The van der Waals surface area contributed by atoms with Crippen molar-refractivity contribution < 1.29 is 0 Å². The lowest BCUT2D eigenvalue weighted by Gasteiger charge is -1.91. The second-order valence-electron chi connectivity index (χ2n) is 2.12. The zero-order valence-corrected chi connectivity index (χ0v) is 6.58. The van der Waals surface area contributed by atoms with Crippen LogP contribution in [0.3, 0.4) is 0 Å². The highest BCUT2D eigenvalue weighted by Crippen LogP contribution is 2.20. The molecular weight excluding hydrogens is 156 g/mol. The average molecular weight is 162 g/mol. The van der Waals surface area contributed by atoms with Crippen molar-refractivity contribution in [2.24, 2.45) is 0 Å². The van der Waals surface area contributed by atoms with Crippen LogP contribution in [-0.2, 0) is 0 Å². The van der Waals surface area contributed by atoms with Crippen LogP contribution in [-0.4, -0.2) is 9.36 Å². The number of hydrogen-bond donors (Lipinski definition) is 0. The Morgan fingerprint density at radius 1 is 1.18 bits per heavy atom. The molecule has 0 atom stereocenters. The standard InChI is InChI=1S/C8H6N2S/c1-2-7(6-9-4-1)8-3-5-10-11-8/h1-6H. The first kappa shape index (κ1) is 6.49. The quantitative estimate of drug-likeness (QED) is 0.642. The van der Waals surface area contributed by atoms with Crippen LogP contribution < -0.4 is 0 Å². The Kier molecular flexibility index (Phi) is 1.65. The third kappa shape index (κ3) is 1.28. The Hall–Kier alpha value is -1.22. The summed E-state index contributed by atoms with van der Waals surface area (Å²) in [5.41, 5.74) is 1.13. The van der Waals surface area contributed by atoms with Crippen molar-refractivity contribution in [3.8, 4) is 10.4 Å². The maximum Gasteiger partial charge on any atom is 0.0565 e. The number of rotatable bonds is 1. The number of pyridine rings is 1. The van der Waals surface area contributed by atoms with Crippen molar-refractivity contribution >= 4 is 11.5 Å². The van der Waals surface area contributed by atoms with E-state index in [1.165, 1.54) is 11.5 Å². The molecule has 0 aliphatic carbocycles. The topological polar surface area (TPSA) is 25.8 Å². The monoisotopic (exact) mass is 162 g/mol. The van der Waals surface area contributed by atoms with Crippen LogP contribution in [0.1, 0.15) is 0 Å². The molecule has 0 bridgehead atoms. The summed E-state index contributed by atoms with van der Waals surface area (Å²) in [6, 6.07) is 5.94. The second kappa shape index (κ2) is 2.80. The van der Waals surface area contributed by atoms with Crippen molar-refractivity contribution in [3.63, 3.8) is 0 Å². The molecule has 0 aliphatic heterocycles. The van der Waals surface area contributed by atoms with Crippen molar-refractivity contribution in [1.29, 1.82) is 0 Å². The van der Waals surface area contributed by atoms with E-state index >= 15 is 0 Å². The highest BCUT2D eigenvalue weighted by Gasteiger charge is 1.96. The minimum Gasteiger partial charge on any atom is -0.264 e. The number of nitrogens with zero attached hydrogens (tertiary/aromatic N) is 2. The van der Waals surface area contributed by atoms with Crippen molar-refractivity contribution in [3.05, 3.63) is 36.8 Å². The van der Waals surface area contributed by atoms with Gasteiger partial charge in [0.25, 0.3) is 0 Å². The Balaban J connectivity index is 2.46. The zero-order chi connectivity index (χ0) is 7.52. The van der Waals surface area contributed by atoms with Crippen molar-refractivity contribution in [1.82, 2.24) is 9.36 Å². The molecule has 0 radical (unpaired) electrons. The lowest BCUT2D eigenvalue weighted by atomic mass is 10.2. The van der Waals surface area contributed by atoms with E-state index in [2.05, 4.69) is 9.36 Å². The summed E-state index contributed by atoms with van der Waals surface area (Å²) >= 11 is 1.49. The Labute approximate surface area is 68.7 Å². The van der Waals surface area contributed by atoms with E-state index in [-0.39, 0.29) is 0 Å². The molecule has 2 heterocycles. The first-order chi connectivity index (χ1) is 5.47. The minimum absolute atomic E-state index is 1.13. The molecule has 0 aliphatic rings. The molecule has 2 nitrogen and oxygen atoms in total. The van der Waals surface area contributed by atoms with E-state index < -0.39 is 0 Å². The molecule has 11 heavy (non-hydrogen) atoms. The molecule has 3 heteroatoms. The van der Waals surface area contributed by atoms with Crippen molar-refractivity contribution in [2.45, 2.75) is 0 Å². The first-order valence-electron chi connectivity index (χ1n) is 3.28. The summed E-state index contributed by atoms with van der Waals surface area (Å²) in [4.78, 5) is 5.18. The molecule has 2 rings (SSSR count). The lowest BCUT2D eigenvalue weighted by Crippen LogP contribution is -1.72. The van der Waals surface area contributed by atoms with Crippen molar-refractivity contribution in [2.75, 3.05) is 0 Å². The summed E-state index contributed by atoms with van der Waals surface area (Å²) in [6.45, 7) is 0. The molecule has 0 saturated heterocycles. The van der Waals surface area contributed by atoms with E-state index in [1.807, 2.05) is 24.4 Å². The van der Waals surface area contributed by atoms with Gasteiger partial charge in [-0.3, -0.25) is 4.98 Å². The van der Waals surface area contributed by atoms with Gasteiger partial charge >= 0.3 is 0 Å². The van der Waals surface area contributed by atoms with Crippen LogP contribution in [0.15, 0.2) is 36.8 Å². The molecule has 0 unspecified atom stereocenters. The fourth-order valence-electron chi connectivity index (χ4n) is 0.873. The predicted molar refractivity (Wildman–Crippen MR) is 45.3 cm³/mol. The molecule has 0 aromatic carbocycles. The maximum atomic E-state index is 4.02. The SMILES string of the molecule is c1cncc(-c2ccns2)c1. The predicted octanol–water partition coefficient (Wildman–Crippen LogP) is 2.21. The molecule has 2 aromatic rings. The molecule has 0 fully saturated rings. The Morgan fingerprint density at radius 3 is 2.82 bits per heavy atom. The summed E-state index contributed by atoms with van der Waals surface area (Å²) in [6.07, 6.45) is 5.41. The van der Waals surface area contributed by atoms with Crippen LogP contribution in [0, 0.1) is 0 Å². The van der Waals surface area contributed by atoms with Crippen LogP contribution in [0.25, 0.3) is 10.4 Å². The van der Waals surface area contributed by atoms with Gasteiger partial charge in [-0.2, -0.15) is 0 Å². The van der Waals surface area contributed by atoms with E-state index in [0.29, 0.717) is 0 Å². The molecule has 0 saturated carbocycles. The molecule has 0 N–H and O–H groups in total. The van der Waals surface area contributed by atoms with Gasteiger partial charge in [-0.1, -0.05) is 6.07 Å². The lowest BCUT2D eigenvalue weighted by molar-refractivity contribution is 1.33. The van der Waals surface area contributed by atoms with Crippen LogP contribution in [0.2, 0.25) is 0 Å². The van der Waals surface area contributed by atoms with Gasteiger partial charge in [0.15, 0.2) is 0 Å².